The van der Waals surface area contributed by atoms with Gasteiger partial charge in [-0.3, -0.25) is 4.79 Å². The highest BCUT2D eigenvalue weighted by atomic mass is 17.2. The summed E-state index contributed by atoms with van der Waals surface area (Å²) >= 11 is 0. The van der Waals surface area contributed by atoms with Gasteiger partial charge in [0, 0.05) is 0 Å². The number of carbonyl (C=O) groups excluding carboxylic acids is 3. The van der Waals surface area contributed by atoms with Crippen molar-refractivity contribution in [3.63, 3.8) is 0 Å². The van der Waals surface area contributed by atoms with Crippen LogP contribution in [-0.2, 0) is 28.8 Å². The summed E-state index contributed by atoms with van der Waals surface area (Å²) in [6, 6.07) is 0. The molecule has 0 unspecified atom stereocenters. The van der Waals surface area contributed by atoms with Gasteiger partial charge in [-0.25, -0.2) is 9.59 Å². The van der Waals surface area contributed by atoms with Gasteiger partial charge in [0.25, 0.3) is 0 Å². The topological polar surface area (TPSA) is 88.1 Å². The Morgan fingerprint density at radius 3 is 2.18 bits per heavy atom. The first kappa shape index (κ1) is 20.1. The van der Waals surface area contributed by atoms with E-state index in [1.165, 1.54) is 6.92 Å². The normalized spacial score (nSPS) is 12.5. The Balaban J connectivity index is 4.35. The van der Waals surface area contributed by atoms with Crippen molar-refractivity contribution in [2.75, 3.05) is 6.61 Å². The van der Waals surface area contributed by atoms with Crippen LogP contribution in [0.5, 0.6) is 0 Å². The van der Waals surface area contributed by atoms with Crippen molar-refractivity contribution in [2.45, 2.75) is 53.6 Å². The van der Waals surface area contributed by atoms with Gasteiger partial charge in [-0.2, -0.15) is 4.89 Å². The van der Waals surface area contributed by atoms with Crippen LogP contribution in [0.3, 0.4) is 0 Å². The molecule has 0 heterocycles. The maximum Gasteiger partial charge on any atom is 0.516 e. The highest BCUT2D eigenvalue weighted by Gasteiger charge is 2.27. The molecule has 0 N–H and O–H groups in total. The van der Waals surface area contributed by atoms with E-state index in [2.05, 4.69) is 30.2 Å². The fraction of sp³-hybridized carbons (Fsp3) is 0.667. The second-order valence-corrected chi connectivity index (χ2v) is 6.59. The van der Waals surface area contributed by atoms with E-state index >= 15 is 0 Å². The highest BCUT2D eigenvalue weighted by molar-refractivity contribution is 5.93. The van der Waals surface area contributed by atoms with E-state index in [4.69, 9.17) is 9.78 Å². The molecular formula is C15H24O7. The van der Waals surface area contributed by atoms with Gasteiger partial charge in [-0.15, -0.1) is 0 Å². The molecule has 0 saturated heterocycles. The molecule has 0 aliphatic heterocycles. The molecule has 0 aliphatic carbocycles. The van der Waals surface area contributed by atoms with Crippen LogP contribution in [0.15, 0.2) is 11.8 Å². The lowest BCUT2D eigenvalue weighted by Crippen LogP contribution is -2.29. The van der Waals surface area contributed by atoms with Crippen molar-refractivity contribution in [3.8, 4) is 0 Å². The molecule has 0 saturated carbocycles. The number of aldehydes is 1. The summed E-state index contributed by atoms with van der Waals surface area (Å²) in [5, 5.41) is 0. The number of hydrogen-bond donors (Lipinski definition) is 0. The molecule has 22 heavy (non-hydrogen) atoms. The van der Waals surface area contributed by atoms with Crippen molar-refractivity contribution < 1.29 is 33.6 Å². The molecule has 0 aromatic rings. The van der Waals surface area contributed by atoms with E-state index in [-0.39, 0.29) is 11.0 Å². The third-order valence-corrected chi connectivity index (χ3v) is 2.22. The quantitative estimate of drug-likeness (QED) is 0.136. The predicted octanol–water partition coefficient (Wildman–Crippen LogP) is 2.93. The summed E-state index contributed by atoms with van der Waals surface area (Å²) in [5.74, 6) is -0.951. The molecule has 0 fully saturated rings. The summed E-state index contributed by atoms with van der Waals surface area (Å²) in [5.41, 5.74) is -0.496. The molecular weight excluding hydrogens is 292 g/mol. The van der Waals surface area contributed by atoms with E-state index in [1.807, 2.05) is 13.8 Å². The van der Waals surface area contributed by atoms with Crippen molar-refractivity contribution in [2.24, 2.45) is 5.41 Å². The van der Waals surface area contributed by atoms with Crippen LogP contribution in [0.4, 0.5) is 4.79 Å². The molecule has 0 aromatic heterocycles. The van der Waals surface area contributed by atoms with Crippen molar-refractivity contribution in [1.29, 1.82) is 0 Å². The Morgan fingerprint density at radius 2 is 1.68 bits per heavy atom. The third-order valence-electron chi connectivity index (χ3n) is 2.22. The smallest absolute Gasteiger partial charge is 0.426 e. The summed E-state index contributed by atoms with van der Waals surface area (Å²) < 4.78 is 8.59. The average molecular weight is 316 g/mol. The number of carbonyl (C=O) groups is 3. The molecule has 126 valence electrons. The minimum atomic E-state index is -1.25. The summed E-state index contributed by atoms with van der Waals surface area (Å²) in [6.45, 7) is 10.8. The fourth-order valence-electron chi connectivity index (χ4n) is 1.87. The van der Waals surface area contributed by atoms with E-state index in [9.17, 15) is 14.4 Å². The lowest BCUT2D eigenvalue weighted by atomic mass is 9.84. The SMILES string of the molecule is CC(=COOC(C)(C)CC(C)(C)C)C(=O)OC(=O)OCC=O. The van der Waals surface area contributed by atoms with Gasteiger partial charge in [-0.05, 0) is 32.6 Å². The summed E-state index contributed by atoms with van der Waals surface area (Å²) in [4.78, 5) is 42.6. The molecule has 0 rings (SSSR count). The summed E-state index contributed by atoms with van der Waals surface area (Å²) in [6.07, 6.45) is 0.886. The van der Waals surface area contributed by atoms with Crippen molar-refractivity contribution in [3.05, 3.63) is 11.8 Å². The van der Waals surface area contributed by atoms with Crippen LogP contribution in [0.25, 0.3) is 0 Å². The fourth-order valence-corrected chi connectivity index (χ4v) is 1.87. The first-order valence-electron chi connectivity index (χ1n) is 6.81. The Morgan fingerprint density at radius 1 is 1.09 bits per heavy atom. The number of ether oxygens (including phenoxy) is 2. The molecule has 7 heteroatoms. The first-order valence-corrected chi connectivity index (χ1v) is 6.81. The van der Waals surface area contributed by atoms with E-state index < -0.39 is 24.3 Å². The van der Waals surface area contributed by atoms with Crippen LogP contribution in [-0.4, -0.2) is 30.6 Å². The lowest BCUT2D eigenvalue weighted by Gasteiger charge is -2.30. The molecule has 0 amide bonds. The van der Waals surface area contributed by atoms with Gasteiger partial charge in [0.2, 0.25) is 0 Å². The second-order valence-electron chi connectivity index (χ2n) is 6.59. The molecule has 7 nitrogen and oxygen atoms in total. The number of esters is 1. The third kappa shape index (κ3) is 9.93. The standard InChI is InChI=1S/C15H24O7/c1-11(12(17)21-13(18)19-8-7-16)9-20-22-15(5,6)10-14(2,3)4/h7,9H,8,10H2,1-6H3. The van der Waals surface area contributed by atoms with E-state index in [1.54, 1.807) is 0 Å². The Bertz CT molecular complexity index is 430. The molecule has 0 spiro atoms. The van der Waals surface area contributed by atoms with E-state index in [0.717, 1.165) is 12.7 Å². The van der Waals surface area contributed by atoms with Gasteiger partial charge in [-0.1, -0.05) is 20.8 Å². The minimum Gasteiger partial charge on any atom is -0.426 e. The van der Waals surface area contributed by atoms with E-state index in [0.29, 0.717) is 6.29 Å². The molecule has 0 aromatic carbocycles. The maximum atomic E-state index is 11.5. The summed E-state index contributed by atoms with van der Waals surface area (Å²) in [7, 11) is 0. The maximum absolute atomic E-state index is 11.5. The van der Waals surface area contributed by atoms with Gasteiger partial charge in [0.05, 0.1) is 5.57 Å². The minimum absolute atomic E-state index is 0.00890. The second kappa shape index (κ2) is 8.53. The molecule has 0 bridgehead atoms. The molecule has 0 atom stereocenters. The van der Waals surface area contributed by atoms with Crippen LogP contribution < -0.4 is 0 Å². The highest BCUT2D eigenvalue weighted by Crippen LogP contribution is 2.29. The molecule has 0 aliphatic rings. The van der Waals surface area contributed by atoms with Gasteiger partial charge in [0.15, 0.2) is 12.9 Å². The Hall–Kier alpha value is -1.89. The van der Waals surface area contributed by atoms with Crippen LogP contribution in [0, 0.1) is 5.41 Å². The van der Waals surface area contributed by atoms with Gasteiger partial charge < -0.3 is 14.4 Å². The van der Waals surface area contributed by atoms with Crippen LogP contribution >= 0.6 is 0 Å². The zero-order valence-corrected chi connectivity index (χ0v) is 13.9. The van der Waals surface area contributed by atoms with Gasteiger partial charge >= 0.3 is 12.1 Å². The zero-order chi connectivity index (χ0) is 17.4. The Labute approximate surface area is 130 Å². The molecule has 0 radical (unpaired) electrons. The predicted molar refractivity (Wildman–Crippen MR) is 77.6 cm³/mol. The van der Waals surface area contributed by atoms with Crippen molar-refractivity contribution >= 4 is 18.4 Å². The Kier molecular flexibility index (Phi) is 7.80. The number of hydrogen-bond acceptors (Lipinski definition) is 7. The van der Waals surface area contributed by atoms with Crippen molar-refractivity contribution in [1.82, 2.24) is 0 Å². The van der Waals surface area contributed by atoms with Gasteiger partial charge in [0.1, 0.15) is 11.9 Å². The first-order chi connectivity index (χ1) is 9.97. The van der Waals surface area contributed by atoms with Crippen LogP contribution in [0.1, 0.15) is 48.0 Å². The number of rotatable bonds is 7. The average Bonchev–Trinajstić information content (AvgIpc) is 2.32. The largest absolute Gasteiger partial charge is 0.516 e. The monoisotopic (exact) mass is 316 g/mol. The van der Waals surface area contributed by atoms with Crippen LogP contribution in [0.2, 0.25) is 0 Å². The zero-order valence-electron chi connectivity index (χ0n) is 13.9. The lowest BCUT2D eigenvalue weighted by molar-refractivity contribution is -0.322.